The van der Waals surface area contributed by atoms with Crippen LogP contribution in [0.5, 0.6) is 0 Å². The zero-order valence-electron chi connectivity index (χ0n) is 10.9. The molecule has 0 spiro atoms. The summed E-state index contributed by atoms with van der Waals surface area (Å²) >= 11 is 5.36. The van der Waals surface area contributed by atoms with Crippen LogP contribution in [-0.2, 0) is 6.42 Å². The molecule has 0 radical (unpaired) electrons. The van der Waals surface area contributed by atoms with E-state index in [1.807, 2.05) is 31.2 Å². The first kappa shape index (κ1) is 12.1. The number of fused-ring (bicyclic) bond motifs is 1. The summed E-state index contributed by atoms with van der Waals surface area (Å²) in [5.74, 6) is 0.768. The highest BCUT2D eigenvalue weighted by Gasteiger charge is 2.11. The number of para-hydroxylation sites is 1. The molecule has 3 nitrogen and oxygen atoms in total. The Morgan fingerprint density at radius 1 is 1.32 bits per heavy atom. The molecule has 4 heteroatoms. The molecule has 0 saturated heterocycles. The van der Waals surface area contributed by atoms with Gasteiger partial charge in [-0.2, -0.15) is 0 Å². The fraction of sp³-hybridized carbons (Fsp3) is 0.200. The third-order valence-electron chi connectivity index (χ3n) is 3.32. The molecular formula is C15H14N2OS. The number of aryl methyl sites for hydroxylation is 1. The van der Waals surface area contributed by atoms with Crippen LogP contribution in [0.1, 0.15) is 18.2 Å². The summed E-state index contributed by atoms with van der Waals surface area (Å²) in [7, 11) is 0. The number of nitrogens with one attached hydrogen (secondary N) is 1. The lowest BCUT2D eigenvalue weighted by Crippen LogP contribution is -1.98. The highest BCUT2D eigenvalue weighted by molar-refractivity contribution is 7.71. The highest BCUT2D eigenvalue weighted by atomic mass is 32.1. The zero-order valence-corrected chi connectivity index (χ0v) is 11.7. The minimum Gasteiger partial charge on any atom is -0.464 e. The Kier molecular flexibility index (Phi) is 2.95. The van der Waals surface area contributed by atoms with Crippen molar-refractivity contribution < 1.29 is 4.42 Å². The van der Waals surface area contributed by atoms with Crippen molar-refractivity contribution >= 4 is 23.2 Å². The molecular weight excluding hydrogens is 256 g/mol. The van der Waals surface area contributed by atoms with Crippen LogP contribution in [0.2, 0.25) is 0 Å². The van der Waals surface area contributed by atoms with Crippen molar-refractivity contribution in [1.82, 2.24) is 9.97 Å². The van der Waals surface area contributed by atoms with Gasteiger partial charge in [0.05, 0.1) is 5.56 Å². The van der Waals surface area contributed by atoms with Crippen LogP contribution in [-0.4, -0.2) is 9.97 Å². The maximum absolute atomic E-state index is 5.55. The molecule has 3 aromatic rings. The molecule has 2 aromatic heterocycles. The second kappa shape index (κ2) is 4.63. The van der Waals surface area contributed by atoms with Crippen LogP contribution < -0.4 is 0 Å². The summed E-state index contributed by atoms with van der Waals surface area (Å²) in [6.07, 6.45) is 2.61. The molecule has 0 aliphatic rings. The number of nitrogens with zero attached hydrogens (tertiary/aromatic N) is 1. The van der Waals surface area contributed by atoms with E-state index in [9.17, 15) is 0 Å². The second-order valence-electron chi connectivity index (χ2n) is 4.49. The Labute approximate surface area is 116 Å². The number of hydrogen-bond donors (Lipinski definition) is 1. The Morgan fingerprint density at radius 2 is 2.11 bits per heavy atom. The molecule has 3 rings (SSSR count). The molecule has 0 unspecified atom stereocenters. The van der Waals surface area contributed by atoms with Gasteiger partial charge in [-0.3, -0.25) is 0 Å². The second-order valence-corrected chi connectivity index (χ2v) is 4.88. The summed E-state index contributed by atoms with van der Waals surface area (Å²) in [5.41, 5.74) is 3.98. The zero-order chi connectivity index (χ0) is 13.4. The minimum atomic E-state index is 0.666. The van der Waals surface area contributed by atoms with Crippen LogP contribution in [0.3, 0.4) is 0 Å². The quantitative estimate of drug-likeness (QED) is 0.701. The van der Waals surface area contributed by atoms with Gasteiger partial charge in [0.25, 0.3) is 0 Å². The van der Waals surface area contributed by atoms with Crippen LogP contribution in [0.25, 0.3) is 22.4 Å². The third kappa shape index (κ3) is 1.98. The van der Waals surface area contributed by atoms with Crippen LogP contribution >= 0.6 is 12.2 Å². The van der Waals surface area contributed by atoms with Gasteiger partial charge in [0, 0.05) is 16.6 Å². The van der Waals surface area contributed by atoms with Gasteiger partial charge in [-0.1, -0.05) is 37.3 Å². The molecule has 0 bridgehead atoms. The number of aromatic amines is 1. The van der Waals surface area contributed by atoms with E-state index in [1.54, 1.807) is 6.26 Å². The standard InChI is InChI=1S/C15H14N2OS/c1-3-10-9(2)16-14(17-15(10)19)12-8-18-13-7-5-4-6-11(12)13/h4-8H,3H2,1-2H3,(H,16,17,19). The van der Waals surface area contributed by atoms with E-state index in [4.69, 9.17) is 16.6 Å². The number of aromatic nitrogens is 2. The summed E-state index contributed by atoms with van der Waals surface area (Å²) in [5, 5.41) is 1.05. The first-order chi connectivity index (χ1) is 9.20. The largest absolute Gasteiger partial charge is 0.464 e. The van der Waals surface area contributed by atoms with E-state index in [0.29, 0.717) is 4.64 Å². The van der Waals surface area contributed by atoms with Gasteiger partial charge in [0.1, 0.15) is 22.3 Å². The van der Waals surface area contributed by atoms with Gasteiger partial charge >= 0.3 is 0 Å². The number of rotatable bonds is 2. The molecule has 1 aromatic carbocycles. The van der Waals surface area contributed by atoms with E-state index in [-0.39, 0.29) is 0 Å². The van der Waals surface area contributed by atoms with Gasteiger partial charge in [-0.25, -0.2) is 4.98 Å². The lowest BCUT2D eigenvalue weighted by atomic mass is 10.1. The normalized spacial score (nSPS) is 11.1. The van der Waals surface area contributed by atoms with E-state index >= 15 is 0 Å². The third-order valence-corrected chi connectivity index (χ3v) is 3.66. The van der Waals surface area contributed by atoms with Gasteiger partial charge in [0.15, 0.2) is 0 Å². The molecule has 19 heavy (non-hydrogen) atoms. The van der Waals surface area contributed by atoms with Gasteiger partial charge < -0.3 is 9.40 Å². The van der Waals surface area contributed by atoms with Crippen molar-refractivity contribution in [3.05, 3.63) is 46.4 Å². The van der Waals surface area contributed by atoms with Crippen LogP contribution in [0, 0.1) is 11.6 Å². The Balaban J connectivity index is 2.25. The number of H-pyrrole nitrogens is 1. The predicted molar refractivity (Wildman–Crippen MR) is 78.7 cm³/mol. The summed E-state index contributed by atoms with van der Waals surface area (Å²) < 4.78 is 6.21. The number of benzene rings is 1. The summed E-state index contributed by atoms with van der Waals surface area (Å²) in [6, 6.07) is 7.91. The lowest BCUT2D eigenvalue weighted by molar-refractivity contribution is 0.616. The van der Waals surface area contributed by atoms with Gasteiger partial charge in [0.2, 0.25) is 0 Å². The Bertz CT molecular complexity index is 801. The molecule has 2 heterocycles. The molecule has 96 valence electrons. The molecule has 0 saturated carbocycles. The average molecular weight is 270 g/mol. The van der Waals surface area contributed by atoms with Gasteiger partial charge in [-0.05, 0) is 19.4 Å². The number of hydrogen-bond acceptors (Lipinski definition) is 3. The maximum atomic E-state index is 5.55. The minimum absolute atomic E-state index is 0.666. The Morgan fingerprint density at radius 3 is 2.84 bits per heavy atom. The SMILES string of the molecule is CCc1c(C)[nH]c(-c2coc3ccccc23)nc1=S. The number of furan rings is 1. The highest BCUT2D eigenvalue weighted by Crippen LogP contribution is 2.28. The van der Waals surface area contributed by atoms with E-state index in [0.717, 1.165) is 40.0 Å². The molecule has 0 aliphatic heterocycles. The maximum Gasteiger partial charge on any atom is 0.143 e. The van der Waals surface area contributed by atoms with Crippen molar-refractivity contribution in [2.75, 3.05) is 0 Å². The van der Waals surface area contributed by atoms with E-state index < -0.39 is 0 Å². The molecule has 0 aliphatic carbocycles. The van der Waals surface area contributed by atoms with Gasteiger partial charge in [-0.15, -0.1) is 0 Å². The molecule has 0 fully saturated rings. The molecule has 0 amide bonds. The van der Waals surface area contributed by atoms with Crippen LogP contribution in [0.15, 0.2) is 34.9 Å². The topological polar surface area (TPSA) is 41.8 Å². The van der Waals surface area contributed by atoms with E-state index in [2.05, 4.69) is 16.9 Å². The van der Waals surface area contributed by atoms with Crippen molar-refractivity contribution in [2.45, 2.75) is 20.3 Å². The van der Waals surface area contributed by atoms with Crippen molar-refractivity contribution in [2.24, 2.45) is 0 Å². The fourth-order valence-corrected chi connectivity index (χ4v) is 2.70. The van der Waals surface area contributed by atoms with Crippen molar-refractivity contribution in [1.29, 1.82) is 0 Å². The van der Waals surface area contributed by atoms with Crippen molar-refractivity contribution in [3.63, 3.8) is 0 Å². The average Bonchev–Trinajstić information content (AvgIpc) is 2.82. The summed E-state index contributed by atoms with van der Waals surface area (Å²) in [6.45, 7) is 4.11. The van der Waals surface area contributed by atoms with E-state index in [1.165, 1.54) is 0 Å². The first-order valence-corrected chi connectivity index (χ1v) is 6.68. The smallest absolute Gasteiger partial charge is 0.143 e. The Hall–Kier alpha value is -1.94. The fourth-order valence-electron chi connectivity index (χ4n) is 2.32. The van der Waals surface area contributed by atoms with Crippen molar-refractivity contribution in [3.8, 4) is 11.4 Å². The molecule has 1 N–H and O–H groups in total. The lowest BCUT2D eigenvalue weighted by Gasteiger charge is -2.06. The monoisotopic (exact) mass is 270 g/mol. The first-order valence-electron chi connectivity index (χ1n) is 6.27. The predicted octanol–water partition coefficient (Wildman–Crippen LogP) is 4.42. The summed E-state index contributed by atoms with van der Waals surface area (Å²) in [4.78, 5) is 7.82. The molecule has 0 atom stereocenters. The van der Waals surface area contributed by atoms with Crippen LogP contribution in [0.4, 0.5) is 0 Å².